The summed E-state index contributed by atoms with van der Waals surface area (Å²) in [6.07, 6.45) is 1.09. The van der Waals surface area contributed by atoms with Crippen LogP contribution in [0.3, 0.4) is 0 Å². The first-order valence-electron chi connectivity index (χ1n) is 4.90. The molecule has 0 radical (unpaired) electrons. The quantitative estimate of drug-likeness (QED) is 0.613. The average Bonchev–Trinajstić information content (AvgIpc) is 2.67. The summed E-state index contributed by atoms with van der Waals surface area (Å²) in [7, 11) is -1.20. The number of halogens is 1. The standard InChI is InChI=1S/C11H10ClNO2S/c12-5-1-2-10(14)8-3-4-9-11(6-8)16(15)7-13-9/h3-4,6-7H,1-2,5H2. The topological polar surface area (TPSA) is 46.5 Å². The normalized spacial score (nSPS) is 17.4. The average molecular weight is 256 g/mol. The number of rotatable bonds is 4. The molecule has 1 aliphatic rings. The maximum atomic E-state index is 11.7. The first-order chi connectivity index (χ1) is 7.72. The second kappa shape index (κ2) is 4.89. The Labute approximate surface area is 101 Å². The first kappa shape index (κ1) is 11.5. The summed E-state index contributed by atoms with van der Waals surface area (Å²) in [6.45, 7) is 0. The Morgan fingerprint density at radius 1 is 1.44 bits per heavy atom. The van der Waals surface area contributed by atoms with Gasteiger partial charge in [0.25, 0.3) is 0 Å². The van der Waals surface area contributed by atoms with Crippen molar-refractivity contribution in [2.45, 2.75) is 17.7 Å². The van der Waals surface area contributed by atoms with E-state index < -0.39 is 10.8 Å². The Bertz CT molecular complexity index is 485. The van der Waals surface area contributed by atoms with Gasteiger partial charge in [-0.3, -0.25) is 4.79 Å². The maximum Gasteiger partial charge on any atom is 0.162 e. The third-order valence-electron chi connectivity index (χ3n) is 2.32. The van der Waals surface area contributed by atoms with Gasteiger partial charge in [0.1, 0.15) is 0 Å². The molecular weight excluding hydrogens is 246 g/mol. The molecule has 1 heterocycles. The molecule has 0 aromatic heterocycles. The number of fused-ring (bicyclic) bond motifs is 1. The van der Waals surface area contributed by atoms with Crippen molar-refractivity contribution < 1.29 is 9.00 Å². The zero-order valence-electron chi connectivity index (χ0n) is 8.48. The van der Waals surface area contributed by atoms with E-state index in [2.05, 4.69) is 4.99 Å². The monoisotopic (exact) mass is 255 g/mol. The molecule has 0 aliphatic carbocycles. The molecule has 0 spiro atoms. The van der Waals surface area contributed by atoms with E-state index in [0.29, 0.717) is 34.9 Å². The third kappa shape index (κ3) is 2.23. The van der Waals surface area contributed by atoms with E-state index >= 15 is 0 Å². The predicted molar refractivity (Wildman–Crippen MR) is 65.3 cm³/mol. The molecule has 0 fully saturated rings. The highest BCUT2D eigenvalue weighted by Crippen LogP contribution is 2.28. The van der Waals surface area contributed by atoms with Gasteiger partial charge in [0.05, 0.1) is 26.9 Å². The highest BCUT2D eigenvalue weighted by Gasteiger charge is 2.16. The molecule has 0 amide bonds. The van der Waals surface area contributed by atoms with Gasteiger partial charge in [0.2, 0.25) is 0 Å². The molecule has 0 N–H and O–H groups in total. The lowest BCUT2D eigenvalue weighted by Crippen LogP contribution is -2.00. The Balaban J connectivity index is 2.22. The molecule has 1 aromatic rings. The second-order valence-electron chi connectivity index (χ2n) is 3.43. The summed E-state index contributed by atoms with van der Waals surface area (Å²) >= 11 is 5.53. The van der Waals surface area contributed by atoms with E-state index in [4.69, 9.17) is 11.6 Å². The van der Waals surface area contributed by atoms with Crippen LogP contribution in [-0.4, -0.2) is 21.4 Å². The van der Waals surface area contributed by atoms with Crippen LogP contribution < -0.4 is 0 Å². The minimum atomic E-state index is -1.20. The number of benzene rings is 1. The highest BCUT2D eigenvalue weighted by molar-refractivity contribution is 7.99. The largest absolute Gasteiger partial charge is 0.294 e. The van der Waals surface area contributed by atoms with Gasteiger partial charge in [-0.15, -0.1) is 11.6 Å². The van der Waals surface area contributed by atoms with Crippen LogP contribution >= 0.6 is 11.6 Å². The number of Topliss-reactive ketones (excluding diaryl/α,β-unsaturated/α-hetero) is 1. The van der Waals surface area contributed by atoms with Gasteiger partial charge in [-0.05, 0) is 24.6 Å². The predicted octanol–water partition coefficient (Wildman–Crippen LogP) is 2.67. The number of ketones is 1. The number of nitrogens with zero attached hydrogens (tertiary/aromatic N) is 1. The van der Waals surface area contributed by atoms with E-state index in [1.807, 2.05) is 0 Å². The van der Waals surface area contributed by atoms with E-state index in [1.165, 1.54) is 5.55 Å². The zero-order valence-corrected chi connectivity index (χ0v) is 10.1. The van der Waals surface area contributed by atoms with Gasteiger partial charge in [0, 0.05) is 17.9 Å². The van der Waals surface area contributed by atoms with Gasteiger partial charge in [0.15, 0.2) is 5.78 Å². The van der Waals surface area contributed by atoms with Crippen LogP contribution in [-0.2, 0) is 10.8 Å². The van der Waals surface area contributed by atoms with Crippen LogP contribution in [0.1, 0.15) is 23.2 Å². The van der Waals surface area contributed by atoms with Gasteiger partial charge < -0.3 is 0 Å². The maximum absolute atomic E-state index is 11.7. The first-order valence-corrected chi connectivity index (χ1v) is 6.65. The van der Waals surface area contributed by atoms with Crippen molar-refractivity contribution in [2.75, 3.05) is 5.88 Å². The number of carbonyl (C=O) groups excluding carboxylic acids is 1. The molecule has 2 rings (SSSR count). The molecule has 1 aromatic carbocycles. The fourth-order valence-corrected chi connectivity index (χ4v) is 2.51. The Morgan fingerprint density at radius 2 is 2.25 bits per heavy atom. The van der Waals surface area contributed by atoms with E-state index in [9.17, 15) is 9.00 Å². The lowest BCUT2D eigenvalue weighted by Gasteiger charge is -2.02. The van der Waals surface area contributed by atoms with Crippen molar-refractivity contribution in [1.82, 2.24) is 0 Å². The van der Waals surface area contributed by atoms with Gasteiger partial charge in [-0.1, -0.05) is 0 Å². The van der Waals surface area contributed by atoms with E-state index in [-0.39, 0.29) is 5.78 Å². The molecule has 0 bridgehead atoms. The van der Waals surface area contributed by atoms with Crippen LogP contribution in [0.4, 0.5) is 5.69 Å². The van der Waals surface area contributed by atoms with Crippen LogP contribution in [0.25, 0.3) is 0 Å². The highest BCUT2D eigenvalue weighted by atomic mass is 35.5. The van der Waals surface area contributed by atoms with Crippen LogP contribution in [0, 0.1) is 0 Å². The summed E-state index contributed by atoms with van der Waals surface area (Å²) in [5, 5.41) is 0. The molecular formula is C11H10ClNO2S. The number of hydrogen-bond acceptors (Lipinski definition) is 3. The molecule has 0 saturated carbocycles. The molecule has 1 aliphatic heterocycles. The summed E-state index contributed by atoms with van der Waals surface area (Å²) in [5.74, 6) is 0.512. The number of aliphatic imine (C=N–C) groups is 1. The van der Waals surface area contributed by atoms with E-state index in [1.54, 1.807) is 18.2 Å². The lowest BCUT2D eigenvalue weighted by molar-refractivity contribution is 0.0982. The molecule has 16 heavy (non-hydrogen) atoms. The fourth-order valence-electron chi connectivity index (χ4n) is 1.49. The SMILES string of the molecule is O=C(CCCCl)c1ccc2c(c1)S(=O)C=N2. The minimum Gasteiger partial charge on any atom is -0.294 e. The van der Waals surface area contributed by atoms with Crippen molar-refractivity contribution in [3.63, 3.8) is 0 Å². The van der Waals surface area contributed by atoms with Crippen LogP contribution in [0.5, 0.6) is 0 Å². The number of hydrogen-bond donors (Lipinski definition) is 0. The van der Waals surface area contributed by atoms with Gasteiger partial charge >= 0.3 is 0 Å². The Hall–Kier alpha value is -1.00. The Morgan fingerprint density at radius 3 is 3.00 bits per heavy atom. The molecule has 5 heteroatoms. The molecule has 1 unspecified atom stereocenters. The third-order valence-corrected chi connectivity index (χ3v) is 3.65. The fraction of sp³-hybridized carbons (Fsp3) is 0.273. The summed E-state index contributed by atoms with van der Waals surface area (Å²) in [6, 6.07) is 5.11. The summed E-state index contributed by atoms with van der Waals surface area (Å²) < 4.78 is 11.5. The van der Waals surface area contributed by atoms with Crippen molar-refractivity contribution in [2.24, 2.45) is 4.99 Å². The molecule has 1 atom stereocenters. The number of alkyl halides is 1. The minimum absolute atomic E-state index is 0.0346. The summed E-state index contributed by atoms with van der Waals surface area (Å²) in [5.41, 5.74) is 2.66. The van der Waals surface area contributed by atoms with Crippen molar-refractivity contribution in [1.29, 1.82) is 0 Å². The van der Waals surface area contributed by atoms with Crippen molar-refractivity contribution in [3.8, 4) is 0 Å². The van der Waals surface area contributed by atoms with E-state index in [0.717, 1.165) is 0 Å². The zero-order chi connectivity index (χ0) is 11.5. The molecule has 0 saturated heterocycles. The van der Waals surface area contributed by atoms with Crippen molar-refractivity contribution >= 4 is 39.4 Å². The molecule has 84 valence electrons. The molecule has 3 nitrogen and oxygen atoms in total. The Kier molecular flexibility index (Phi) is 3.51. The van der Waals surface area contributed by atoms with Gasteiger partial charge in [-0.25, -0.2) is 9.20 Å². The lowest BCUT2D eigenvalue weighted by atomic mass is 10.1. The van der Waals surface area contributed by atoms with Crippen LogP contribution in [0.2, 0.25) is 0 Å². The second-order valence-corrected chi connectivity index (χ2v) is 5.05. The van der Waals surface area contributed by atoms with Gasteiger partial charge in [-0.2, -0.15) is 0 Å². The number of carbonyl (C=O) groups is 1. The van der Waals surface area contributed by atoms with Crippen LogP contribution in [0.15, 0.2) is 28.1 Å². The smallest absolute Gasteiger partial charge is 0.162 e. The van der Waals surface area contributed by atoms with Crippen molar-refractivity contribution in [3.05, 3.63) is 23.8 Å². The summed E-state index contributed by atoms with van der Waals surface area (Å²) in [4.78, 5) is 16.3.